The van der Waals surface area contributed by atoms with Crippen LogP contribution in [-0.4, -0.2) is 56.1 Å². The molecule has 20 heavy (non-hydrogen) atoms. The number of fused-ring (bicyclic) bond motifs is 1. The number of amidine groups is 1. The molecule has 2 fully saturated rings. The number of amides is 1. The van der Waals surface area contributed by atoms with Crippen molar-refractivity contribution in [3.05, 3.63) is 0 Å². The second-order valence-corrected chi connectivity index (χ2v) is 7.18. The number of piperidine rings is 1. The highest BCUT2D eigenvalue weighted by molar-refractivity contribution is 8.33. The van der Waals surface area contributed by atoms with Crippen LogP contribution in [0.5, 0.6) is 0 Å². The van der Waals surface area contributed by atoms with Gasteiger partial charge < -0.3 is 0 Å². The van der Waals surface area contributed by atoms with Crippen molar-refractivity contribution in [2.45, 2.75) is 45.1 Å². The summed E-state index contributed by atoms with van der Waals surface area (Å²) in [5.74, 6) is -0.0222. The second-order valence-electron chi connectivity index (χ2n) is 5.58. The predicted octanol–water partition coefficient (Wildman–Crippen LogP) is 2.05. The molecule has 0 saturated carbocycles. The zero-order valence-corrected chi connectivity index (χ0v) is 13.4. The summed E-state index contributed by atoms with van der Waals surface area (Å²) in [5, 5.41) is 4.99. The van der Waals surface area contributed by atoms with E-state index in [0.29, 0.717) is 12.5 Å². The lowest BCUT2D eigenvalue weighted by Crippen LogP contribution is -2.50. The minimum absolute atomic E-state index is 0.0222. The lowest BCUT2D eigenvalue weighted by Gasteiger charge is -2.39. The van der Waals surface area contributed by atoms with Crippen molar-refractivity contribution in [3.63, 3.8) is 0 Å². The van der Waals surface area contributed by atoms with Gasteiger partial charge in [-0.05, 0) is 37.9 Å². The van der Waals surface area contributed by atoms with Gasteiger partial charge in [-0.3, -0.25) is 19.7 Å². The number of hydrogen-bond donors (Lipinski definition) is 0. The number of thiocarbonyl (C=S) groups is 1. The van der Waals surface area contributed by atoms with Gasteiger partial charge in [-0.1, -0.05) is 18.6 Å². The third-order valence-corrected chi connectivity index (χ3v) is 5.47. The van der Waals surface area contributed by atoms with Gasteiger partial charge in [0.15, 0.2) is 9.49 Å². The first-order chi connectivity index (χ1) is 9.65. The van der Waals surface area contributed by atoms with Crippen LogP contribution < -0.4 is 0 Å². The van der Waals surface area contributed by atoms with E-state index in [9.17, 15) is 4.79 Å². The molecule has 0 aromatic carbocycles. The summed E-state index contributed by atoms with van der Waals surface area (Å²) in [6.07, 6.45) is 5.23. The molecule has 3 aliphatic rings. The molecule has 1 atom stereocenters. The number of thioether (sulfide) groups is 1. The normalized spacial score (nSPS) is 28.4. The molecule has 0 aromatic rings. The van der Waals surface area contributed by atoms with Crippen molar-refractivity contribution in [1.82, 2.24) is 14.9 Å². The zero-order valence-electron chi connectivity index (χ0n) is 11.7. The highest BCUT2D eigenvalue weighted by atomic mass is 32.2. The van der Waals surface area contributed by atoms with Crippen LogP contribution in [0.1, 0.15) is 39.0 Å². The second kappa shape index (κ2) is 5.99. The van der Waals surface area contributed by atoms with Gasteiger partial charge in [-0.2, -0.15) is 4.99 Å². The summed E-state index contributed by atoms with van der Waals surface area (Å²) < 4.78 is 0.816. The molecular weight excluding hydrogens is 292 g/mol. The lowest BCUT2D eigenvalue weighted by molar-refractivity contribution is -0.117. The van der Waals surface area contributed by atoms with Gasteiger partial charge in [0.1, 0.15) is 0 Å². The van der Waals surface area contributed by atoms with E-state index >= 15 is 0 Å². The van der Waals surface area contributed by atoms with Crippen LogP contribution in [0.3, 0.4) is 0 Å². The first-order valence-electron chi connectivity index (χ1n) is 7.27. The Hall–Kier alpha value is -0.660. The molecule has 2 saturated heterocycles. The van der Waals surface area contributed by atoms with E-state index < -0.39 is 0 Å². The first kappa shape index (κ1) is 14.3. The van der Waals surface area contributed by atoms with Gasteiger partial charge in [0.25, 0.3) is 0 Å². The molecule has 7 heteroatoms. The predicted molar refractivity (Wildman–Crippen MR) is 85.3 cm³/mol. The van der Waals surface area contributed by atoms with Crippen molar-refractivity contribution < 1.29 is 4.79 Å². The maximum atomic E-state index is 11.6. The number of likely N-dealkylation sites (tertiary alicyclic amines) is 1. The van der Waals surface area contributed by atoms with Crippen molar-refractivity contribution in [3.8, 4) is 0 Å². The fourth-order valence-corrected chi connectivity index (χ4v) is 4.14. The summed E-state index contributed by atoms with van der Waals surface area (Å²) >= 11 is 6.92. The van der Waals surface area contributed by atoms with Crippen molar-refractivity contribution in [2.75, 3.05) is 19.8 Å². The van der Waals surface area contributed by atoms with E-state index in [1.165, 1.54) is 31.0 Å². The van der Waals surface area contributed by atoms with Gasteiger partial charge in [0.05, 0.1) is 6.67 Å². The monoisotopic (exact) mass is 312 g/mol. The maximum absolute atomic E-state index is 11.6. The third-order valence-electron chi connectivity index (χ3n) is 4.14. The van der Waals surface area contributed by atoms with Crippen LogP contribution in [0.4, 0.5) is 0 Å². The molecule has 3 aliphatic heterocycles. The fourth-order valence-electron chi connectivity index (χ4n) is 2.90. The SMILES string of the molecule is CC1CCCCN1CN1C(=S)SC2=NC(=O)CCCN21. The van der Waals surface area contributed by atoms with Crippen LogP contribution in [0.15, 0.2) is 4.99 Å². The molecule has 3 heterocycles. The average Bonchev–Trinajstić information content (AvgIpc) is 2.58. The largest absolute Gasteiger partial charge is 0.282 e. The van der Waals surface area contributed by atoms with Crippen LogP contribution in [-0.2, 0) is 4.79 Å². The highest BCUT2D eigenvalue weighted by Gasteiger charge is 2.36. The summed E-state index contributed by atoms with van der Waals surface area (Å²) in [5.41, 5.74) is 0. The molecule has 0 spiro atoms. The molecule has 0 radical (unpaired) electrons. The van der Waals surface area contributed by atoms with Crippen LogP contribution in [0.2, 0.25) is 0 Å². The molecule has 0 N–H and O–H groups in total. The van der Waals surface area contributed by atoms with Crippen LogP contribution in [0, 0.1) is 0 Å². The summed E-state index contributed by atoms with van der Waals surface area (Å²) in [4.78, 5) is 18.2. The minimum Gasteiger partial charge on any atom is -0.282 e. The van der Waals surface area contributed by atoms with Crippen molar-refractivity contribution in [2.24, 2.45) is 4.99 Å². The van der Waals surface area contributed by atoms with Crippen molar-refractivity contribution >= 4 is 39.4 Å². The quantitative estimate of drug-likeness (QED) is 0.727. The molecule has 0 bridgehead atoms. The zero-order chi connectivity index (χ0) is 14.1. The number of carbonyl (C=O) groups excluding carboxylic acids is 1. The van der Waals surface area contributed by atoms with Gasteiger partial charge in [0, 0.05) is 25.6 Å². The van der Waals surface area contributed by atoms with Crippen LogP contribution >= 0.6 is 24.0 Å². The minimum atomic E-state index is -0.0222. The summed E-state index contributed by atoms with van der Waals surface area (Å²) in [7, 11) is 0. The molecule has 3 rings (SSSR count). The Labute approximate surface area is 129 Å². The Bertz CT molecular complexity index is 454. The molecule has 0 aromatic heterocycles. The van der Waals surface area contributed by atoms with Gasteiger partial charge in [0.2, 0.25) is 5.91 Å². The van der Waals surface area contributed by atoms with E-state index in [2.05, 4.69) is 26.8 Å². The number of hydrogen-bond acceptors (Lipinski definition) is 5. The molecule has 1 unspecified atom stereocenters. The number of carbonyl (C=O) groups is 1. The Morgan fingerprint density at radius 1 is 1.35 bits per heavy atom. The smallest absolute Gasteiger partial charge is 0.248 e. The van der Waals surface area contributed by atoms with E-state index in [0.717, 1.165) is 35.7 Å². The van der Waals surface area contributed by atoms with Crippen LogP contribution in [0.25, 0.3) is 0 Å². The van der Waals surface area contributed by atoms with Crippen molar-refractivity contribution in [1.29, 1.82) is 0 Å². The topological polar surface area (TPSA) is 39.1 Å². The number of aliphatic imine (C=N–C) groups is 1. The molecule has 5 nitrogen and oxygen atoms in total. The Morgan fingerprint density at radius 3 is 3.00 bits per heavy atom. The Kier molecular flexibility index (Phi) is 4.28. The van der Waals surface area contributed by atoms with E-state index in [4.69, 9.17) is 12.2 Å². The van der Waals surface area contributed by atoms with E-state index in [1.54, 1.807) is 0 Å². The Morgan fingerprint density at radius 2 is 2.20 bits per heavy atom. The molecular formula is C13H20N4OS2. The average molecular weight is 312 g/mol. The third kappa shape index (κ3) is 2.84. The number of rotatable bonds is 2. The number of hydrazine groups is 1. The highest BCUT2D eigenvalue weighted by Crippen LogP contribution is 2.30. The Balaban J connectivity index is 1.74. The van der Waals surface area contributed by atoms with Gasteiger partial charge in [-0.15, -0.1) is 0 Å². The van der Waals surface area contributed by atoms with Gasteiger partial charge >= 0.3 is 0 Å². The fraction of sp³-hybridized carbons (Fsp3) is 0.769. The standard InChI is InChI=1S/C13H20N4OS2/c1-10-5-2-3-7-15(10)9-17-13(19)20-12-14-11(18)6-4-8-16(12)17/h10H,2-9H2,1H3. The maximum Gasteiger partial charge on any atom is 0.248 e. The summed E-state index contributed by atoms with van der Waals surface area (Å²) in [6, 6.07) is 0.603. The van der Waals surface area contributed by atoms with Gasteiger partial charge in [-0.25, -0.2) is 0 Å². The molecule has 110 valence electrons. The molecule has 0 aliphatic carbocycles. The number of nitrogens with zero attached hydrogens (tertiary/aromatic N) is 4. The van der Waals surface area contributed by atoms with E-state index in [1.807, 2.05) is 0 Å². The summed E-state index contributed by atoms with van der Waals surface area (Å²) in [6.45, 7) is 5.07. The lowest BCUT2D eigenvalue weighted by atomic mass is 10.0. The first-order valence-corrected chi connectivity index (χ1v) is 8.50. The van der Waals surface area contributed by atoms with E-state index in [-0.39, 0.29) is 5.91 Å². The molecule has 1 amide bonds.